The summed E-state index contributed by atoms with van der Waals surface area (Å²) in [5.74, 6) is 0.246. The van der Waals surface area contributed by atoms with Gasteiger partial charge in [-0.2, -0.15) is 13.2 Å². The fourth-order valence-corrected chi connectivity index (χ4v) is 3.24. The van der Waals surface area contributed by atoms with Crippen molar-refractivity contribution in [2.75, 3.05) is 0 Å². The van der Waals surface area contributed by atoms with E-state index >= 15 is 0 Å². The number of nitrogens with two attached hydrogens (primary N) is 1. The molecule has 0 radical (unpaired) electrons. The zero-order chi connectivity index (χ0) is 15.6. The van der Waals surface area contributed by atoms with Crippen molar-refractivity contribution in [3.8, 4) is 0 Å². The lowest BCUT2D eigenvalue weighted by molar-refractivity contribution is -0.137. The molecular formula is C15H19F3N2S. The molecule has 0 saturated carbocycles. The minimum absolute atomic E-state index is 0.182. The van der Waals surface area contributed by atoms with Gasteiger partial charge in [-0.1, -0.05) is 13.3 Å². The Balaban J connectivity index is 2.15. The van der Waals surface area contributed by atoms with Crippen molar-refractivity contribution < 1.29 is 13.2 Å². The summed E-state index contributed by atoms with van der Waals surface area (Å²) < 4.78 is 38.9. The maximum atomic E-state index is 12.7. The van der Waals surface area contributed by atoms with E-state index < -0.39 is 11.7 Å². The van der Waals surface area contributed by atoms with Gasteiger partial charge in [-0.25, -0.2) is 4.98 Å². The van der Waals surface area contributed by atoms with E-state index in [4.69, 9.17) is 5.73 Å². The number of benzene rings is 1. The molecule has 0 saturated heterocycles. The van der Waals surface area contributed by atoms with Gasteiger partial charge in [0.1, 0.15) is 0 Å². The Morgan fingerprint density at radius 2 is 1.95 bits per heavy atom. The van der Waals surface area contributed by atoms with Gasteiger partial charge < -0.3 is 5.73 Å². The number of rotatable bonds is 5. The molecule has 116 valence electrons. The molecule has 2 aromatic rings. The molecule has 6 heteroatoms. The highest BCUT2D eigenvalue weighted by atomic mass is 32.1. The molecule has 2 N–H and O–H groups in total. The average Bonchev–Trinajstić information content (AvgIpc) is 2.79. The summed E-state index contributed by atoms with van der Waals surface area (Å²) in [4.78, 5) is 4.37. The highest BCUT2D eigenvalue weighted by molar-refractivity contribution is 7.18. The standard InChI is InChI=1S/C15H19F3N2S/c1-9(4-3-5-10(2)19)14-20-12-8-11(15(16,17)18)6-7-13(12)21-14/h6-10H,3-5,19H2,1-2H3. The van der Waals surface area contributed by atoms with E-state index in [1.54, 1.807) is 0 Å². The predicted molar refractivity (Wildman–Crippen MR) is 80.5 cm³/mol. The van der Waals surface area contributed by atoms with Gasteiger partial charge >= 0.3 is 6.18 Å². The van der Waals surface area contributed by atoms with E-state index in [0.29, 0.717) is 5.52 Å². The molecular weight excluding hydrogens is 297 g/mol. The topological polar surface area (TPSA) is 38.9 Å². The van der Waals surface area contributed by atoms with Crippen molar-refractivity contribution in [3.05, 3.63) is 28.8 Å². The van der Waals surface area contributed by atoms with Crippen LogP contribution in [0.3, 0.4) is 0 Å². The van der Waals surface area contributed by atoms with Crippen molar-refractivity contribution in [3.63, 3.8) is 0 Å². The number of hydrogen-bond donors (Lipinski definition) is 1. The molecule has 0 aliphatic carbocycles. The van der Waals surface area contributed by atoms with Gasteiger partial charge in [-0.3, -0.25) is 0 Å². The largest absolute Gasteiger partial charge is 0.416 e. The number of thiazole rings is 1. The first-order valence-electron chi connectivity index (χ1n) is 7.00. The third kappa shape index (κ3) is 4.17. The third-order valence-corrected chi connectivity index (χ3v) is 4.72. The van der Waals surface area contributed by atoms with Crippen molar-refractivity contribution in [2.45, 2.75) is 51.2 Å². The second kappa shape index (κ2) is 6.32. The maximum absolute atomic E-state index is 12.7. The van der Waals surface area contributed by atoms with E-state index in [-0.39, 0.29) is 12.0 Å². The van der Waals surface area contributed by atoms with Gasteiger partial charge in [-0.15, -0.1) is 11.3 Å². The van der Waals surface area contributed by atoms with Gasteiger partial charge in [-0.05, 0) is 38.0 Å². The SMILES string of the molecule is CC(N)CCCC(C)c1nc2cc(C(F)(F)F)ccc2s1. The smallest absolute Gasteiger partial charge is 0.328 e. The monoisotopic (exact) mass is 316 g/mol. The van der Waals surface area contributed by atoms with Gasteiger partial charge in [0.2, 0.25) is 0 Å². The Labute approximate surface area is 126 Å². The molecule has 2 atom stereocenters. The number of nitrogens with zero attached hydrogens (tertiary/aromatic N) is 1. The lowest BCUT2D eigenvalue weighted by Gasteiger charge is -2.09. The summed E-state index contributed by atoms with van der Waals surface area (Å²) >= 11 is 1.47. The van der Waals surface area contributed by atoms with Crippen molar-refractivity contribution >= 4 is 21.6 Å². The Bertz CT molecular complexity index is 604. The number of hydrogen-bond acceptors (Lipinski definition) is 3. The summed E-state index contributed by atoms with van der Waals surface area (Å²) in [6.07, 6.45) is -1.41. The molecule has 2 nitrogen and oxygen atoms in total. The van der Waals surface area contributed by atoms with Crippen LogP contribution < -0.4 is 5.73 Å². The van der Waals surface area contributed by atoms with E-state index in [2.05, 4.69) is 11.9 Å². The van der Waals surface area contributed by atoms with Crippen LogP contribution in [0.4, 0.5) is 13.2 Å². The second-order valence-electron chi connectivity index (χ2n) is 5.54. The Hall–Kier alpha value is -1.14. The molecule has 1 heterocycles. The van der Waals surface area contributed by atoms with E-state index in [0.717, 1.165) is 41.1 Å². The average molecular weight is 316 g/mol. The summed E-state index contributed by atoms with van der Waals surface area (Å²) in [5, 5.41) is 0.897. The first-order valence-corrected chi connectivity index (χ1v) is 7.82. The van der Waals surface area contributed by atoms with Crippen LogP contribution in [0.2, 0.25) is 0 Å². The number of fused-ring (bicyclic) bond motifs is 1. The van der Waals surface area contributed by atoms with Crippen molar-refractivity contribution in [1.82, 2.24) is 4.98 Å². The summed E-state index contributed by atoms with van der Waals surface area (Å²) in [5.41, 5.74) is 5.51. The maximum Gasteiger partial charge on any atom is 0.416 e. The summed E-state index contributed by atoms with van der Waals surface area (Å²) in [6, 6.07) is 3.94. The highest BCUT2D eigenvalue weighted by Crippen LogP contribution is 2.35. The fraction of sp³-hybridized carbons (Fsp3) is 0.533. The van der Waals surface area contributed by atoms with Crippen LogP contribution in [0.25, 0.3) is 10.2 Å². The molecule has 0 bridgehead atoms. The van der Waals surface area contributed by atoms with Crippen LogP contribution in [0.5, 0.6) is 0 Å². The van der Waals surface area contributed by atoms with E-state index in [1.807, 2.05) is 6.92 Å². The van der Waals surface area contributed by atoms with Crippen LogP contribution >= 0.6 is 11.3 Å². The molecule has 2 unspecified atom stereocenters. The van der Waals surface area contributed by atoms with Crippen LogP contribution in [0.1, 0.15) is 49.6 Å². The molecule has 0 spiro atoms. The number of alkyl halides is 3. The first kappa shape index (κ1) is 16.2. The molecule has 1 aromatic carbocycles. The quantitative estimate of drug-likeness (QED) is 0.849. The minimum Gasteiger partial charge on any atom is -0.328 e. The van der Waals surface area contributed by atoms with Crippen molar-refractivity contribution in [2.24, 2.45) is 5.73 Å². The predicted octanol–water partition coefficient (Wildman–Crippen LogP) is 4.94. The lowest BCUT2D eigenvalue weighted by atomic mass is 10.0. The molecule has 0 aliphatic rings. The van der Waals surface area contributed by atoms with Crippen molar-refractivity contribution in [1.29, 1.82) is 0 Å². The summed E-state index contributed by atoms with van der Waals surface area (Å²) in [6.45, 7) is 4.03. The minimum atomic E-state index is -4.32. The zero-order valence-corrected chi connectivity index (χ0v) is 12.9. The molecule has 0 aliphatic heterocycles. The molecule has 0 amide bonds. The van der Waals surface area contributed by atoms with Gasteiger partial charge in [0.05, 0.1) is 20.8 Å². The third-order valence-electron chi connectivity index (χ3n) is 3.45. The van der Waals surface area contributed by atoms with E-state index in [9.17, 15) is 13.2 Å². The van der Waals surface area contributed by atoms with Gasteiger partial charge in [0, 0.05) is 12.0 Å². The highest BCUT2D eigenvalue weighted by Gasteiger charge is 2.30. The van der Waals surface area contributed by atoms with Crippen LogP contribution in [-0.4, -0.2) is 11.0 Å². The Morgan fingerprint density at radius 1 is 1.24 bits per heavy atom. The molecule has 2 rings (SSSR count). The van der Waals surface area contributed by atoms with Gasteiger partial charge in [0.25, 0.3) is 0 Å². The number of halogens is 3. The number of aromatic nitrogens is 1. The lowest BCUT2D eigenvalue weighted by Crippen LogP contribution is -2.14. The van der Waals surface area contributed by atoms with Crippen LogP contribution in [-0.2, 0) is 6.18 Å². The van der Waals surface area contributed by atoms with E-state index in [1.165, 1.54) is 17.4 Å². The van der Waals surface area contributed by atoms with Gasteiger partial charge in [0.15, 0.2) is 0 Å². The normalized spacial score (nSPS) is 15.3. The van der Waals surface area contributed by atoms with Crippen LogP contribution in [0.15, 0.2) is 18.2 Å². The first-order chi connectivity index (χ1) is 9.77. The molecule has 1 aromatic heterocycles. The second-order valence-corrected chi connectivity index (χ2v) is 6.60. The zero-order valence-electron chi connectivity index (χ0n) is 12.1. The fourth-order valence-electron chi connectivity index (χ4n) is 2.20. The Kier molecular flexibility index (Phi) is 4.88. The summed E-state index contributed by atoms with van der Waals surface area (Å²) in [7, 11) is 0. The van der Waals surface area contributed by atoms with Crippen LogP contribution in [0, 0.1) is 0 Å². The Morgan fingerprint density at radius 3 is 2.57 bits per heavy atom. The molecule has 0 fully saturated rings. The molecule has 21 heavy (non-hydrogen) atoms.